The maximum atomic E-state index is 5.52. The molecule has 1 unspecified atom stereocenters. The molecule has 118 valence electrons. The highest BCUT2D eigenvalue weighted by atomic mass is 32.1. The molecule has 0 radical (unpaired) electrons. The Bertz CT molecular complexity index is 786. The van der Waals surface area contributed by atoms with Gasteiger partial charge >= 0.3 is 6.01 Å². The zero-order valence-electron chi connectivity index (χ0n) is 12.4. The number of nitrogen functional groups attached to an aromatic ring is 1. The molecule has 1 atom stereocenters. The van der Waals surface area contributed by atoms with Crippen molar-refractivity contribution in [2.45, 2.75) is 18.8 Å². The highest BCUT2D eigenvalue weighted by Gasteiger charge is 2.27. The summed E-state index contributed by atoms with van der Waals surface area (Å²) in [5.41, 5.74) is 6.56. The first-order valence-electron chi connectivity index (χ1n) is 7.52. The van der Waals surface area contributed by atoms with Crippen LogP contribution >= 0.6 is 11.5 Å². The van der Waals surface area contributed by atoms with Gasteiger partial charge in [-0.25, -0.2) is 0 Å². The van der Waals surface area contributed by atoms with Gasteiger partial charge in [-0.1, -0.05) is 35.4 Å². The van der Waals surface area contributed by atoms with Crippen LogP contribution in [0, 0.1) is 0 Å². The number of aromatic nitrogens is 4. The molecule has 3 aromatic rings. The largest absolute Gasteiger partial charge is 0.408 e. The summed E-state index contributed by atoms with van der Waals surface area (Å²) in [5, 5.41) is 8.70. The molecule has 8 heteroatoms. The van der Waals surface area contributed by atoms with Crippen LogP contribution in [-0.2, 0) is 0 Å². The predicted molar refractivity (Wildman–Crippen MR) is 88.2 cm³/mol. The molecule has 3 heterocycles. The first-order chi connectivity index (χ1) is 11.3. The molecule has 1 fully saturated rings. The fourth-order valence-electron chi connectivity index (χ4n) is 2.81. The third-order valence-electron chi connectivity index (χ3n) is 3.94. The first kappa shape index (κ1) is 14.1. The second-order valence-corrected chi connectivity index (χ2v) is 6.26. The number of nitrogens with zero attached hydrogens (tertiary/aromatic N) is 5. The number of nitrogens with two attached hydrogens (primary N) is 1. The Kier molecular flexibility index (Phi) is 3.66. The third-order valence-corrected chi connectivity index (χ3v) is 4.72. The smallest absolute Gasteiger partial charge is 0.312 e. The SMILES string of the molecule is Nc1nnc(C2CCCN(c3nc(-c4ccccc4)ns3)C2)o1. The van der Waals surface area contributed by atoms with Gasteiger partial charge in [-0.3, -0.25) is 0 Å². The Morgan fingerprint density at radius 1 is 1.22 bits per heavy atom. The van der Waals surface area contributed by atoms with Crippen molar-refractivity contribution in [2.75, 3.05) is 23.7 Å². The molecule has 23 heavy (non-hydrogen) atoms. The molecular formula is C15H16N6OS. The molecule has 1 aliphatic heterocycles. The van der Waals surface area contributed by atoms with Gasteiger partial charge in [-0.15, -0.1) is 5.10 Å². The molecule has 1 aromatic carbocycles. The zero-order chi connectivity index (χ0) is 15.6. The van der Waals surface area contributed by atoms with Crippen LogP contribution in [0.2, 0.25) is 0 Å². The van der Waals surface area contributed by atoms with E-state index in [0.717, 1.165) is 42.5 Å². The van der Waals surface area contributed by atoms with Gasteiger partial charge in [-0.05, 0) is 12.8 Å². The number of rotatable bonds is 3. The highest BCUT2D eigenvalue weighted by Crippen LogP contribution is 2.31. The van der Waals surface area contributed by atoms with E-state index in [-0.39, 0.29) is 11.9 Å². The number of hydrogen-bond acceptors (Lipinski definition) is 8. The van der Waals surface area contributed by atoms with Crippen molar-refractivity contribution in [1.29, 1.82) is 0 Å². The van der Waals surface area contributed by atoms with E-state index in [0.29, 0.717) is 5.89 Å². The molecule has 0 aliphatic carbocycles. The van der Waals surface area contributed by atoms with Crippen molar-refractivity contribution >= 4 is 22.7 Å². The summed E-state index contributed by atoms with van der Waals surface area (Å²) in [6, 6.07) is 10.1. The zero-order valence-corrected chi connectivity index (χ0v) is 13.2. The van der Waals surface area contributed by atoms with Crippen molar-refractivity contribution in [3.8, 4) is 11.4 Å². The van der Waals surface area contributed by atoms with E-state index >= 15 is 0 Å². The minimum Gasteiger partial charge on any atom is -0.408 e. The van der Waals surface area contributed by atoms with Gasteiger partial charge in [-0.2, -0.15) is 9.36 Å². The normalized spacial score (nSPS) is 18.3. The van der Waals surface area contributed by atoms with Gasteiger partial charge in [0.2, 0.25) is 11.0 Å². The van der Waals surface area contributed by atoms with Gasteiger partial charge < -0.3 is 15.1 Å². The summed E-state index contributed by atoms with van der Waals surface area (Å²) in [6.07, 6.45) is 2.07. The van der Waals surface area contributed by atoms with Gasteiger partial charge in [0.25, 0.3) is 0 Å². The number of anilines is 2. The fraction of sp³-hybridized carbons (Fsp3) is 0.333. The van der Waals surface area contributed by atoms with Crippen LogP contribution in [0.5, 0.6) is 0 Å². The summed E-state index contributed by atoms with van der Waals surface area (Å²) >= 11 is 1.43. The third kappa shape index (κ3) is 2.89. The van der Waals surface area contributed by atoms with Crippen molar-refractivity contribution in [2.24, 2.45) is 0 Å². The maximum absolute atomic E-state index is 5.52. The Morgan fingerprint density at radius 3 is 2.87 bits per heavy atom. The van der Waals surface area contributed by atoms with Gasteiger partial charge in [0.05, 0.1) is 5.92 Å². The summed E-state index contributed by atoms with van der Waals surface area (Å²) in [5.74, 6) is 1.58. The Hall–Kier alpha value is -2.48. The lowest BCUT2D eigenvalue weighted by Crippen LogP contribution is -2.34. The standard InChI is InChI=1S/C15H16N6OS/c16-14-19-18-13(22-14)11-7-4-8-21(9-11)15-17-12(20-23-15)10-5-2-1-3-6-10/h1-3,5-6,11H,4,7-9H2,(H2,16,19). The topological polar surface area (TPSA) is 94.0 Å². The molecule has 1 aliphatic rings. The number of piperidine rings is 1. The maximum Gasteiger partial charge on any atom is 0.312 e. The van der Waals surface area contributed by atoms with Gasteiger partial charge in [0, 0.05) is 30.2 Å². The summed E-state index contributed by atoms with van der Waals surface area (Å²) < 4.78 is 9.86. The van der Waals surface area contributed by atoms with Crippen LogP contribution < -0.4 is 10.6 Å². The predicted octanol–water partition coefficient (Wildman–Crippen LogP) is 2.55. The second-order valence-electron chi connectivity index (χ2n) is 5.53. The minimum absolute atomic E-state index is 0.124. The molecule has 0 spiro atoms. The van der Waals surface area contributed by atoms with E-state index in [2.05, 4.69) is 24.5 Å². The van der Waals surface area contributed by atoms with E-state index < -0.39 is 0 Å². The van der Waals surface area contributed by atoms with Crippen LogP contribution in [0.1, 0.15) is 24.7 Å². The monoisotopic (exact) mass is 328 g/mol. The molecule has 0 amide bonds. The lowest BCUT2D eigenvalue weighted by molar-refractivity contribution is 0.406. The van der Waals surface area contributed by atoms with Crippen LogP contribution in [0.4, 0.5) is 11.1 Å². The molecule has 2 aromatic heterocycles. The van der Waals surface area contributed by atoms with Crippen LogP contribution in [0.3, 0.4) is 0 Å². The van der Waals surface area contributed by atoms with Gasteiger partial charge in [0.1, 0.15) is 0 Å². The van der Waals surface area contributed by atoms with Crippen molar-refractivity contribution in [1.82, 2.24) is 19.6 Å². The van der Waals surface area contributed by atoms with Crippen LogP contribution in [-0.4, -0.2) is 32.6 Å². The Balaban J connectivity index is 1.53. The van der Waals surface area contributed by atoms with Crippen LogP contribution in [0.25, 0.3) is 11.4 Å². The molecule has 2 N–H and O–H groups in total. The molecule has 4 rings (SSSR count). The lowest BCUT2D eigenvalue weighted by atomic mass is 9.98. The highest BCUT2D eigenvalue weighted by molar-refractivity contribution is 7.09. The van der Waals surface area contributed by atoms with Gasteiger partial charge in [0.15, 0.2) is 5.82 Å². The fourth-order valence-corrected chi connectivity index (χ4v) is 3.54. The molecule has 0 saturated carbocycles. The van der Waals surface area contributed by atoms with E-state index in [1.807, 2.05) is 30.3 Å². The number of hydrogen-bond donors (Lipinski definition) is 1. The molecule has 0 bridgehead atoms. The Morgan fingerprint density at radius 2 is 2.09 bits per heavy atom. The summed E-state index contributed by atoms with van der Waals surface area (Å²) in [6.45, 7) is 1.76. The van der Waals surface area contributed by atoms with E-state index in [1.165, 1.54) is 11.5 Å². The summed E-state index contributed by atoms with van der Waals surface area (Å²) in [7, 11) is 0. The molecule has 1 saturated heterocycles. The first-order valence-corrected chi connectivity index (χ1v) is 8.30. The number of benzene rings is 1. The average molecular weight is 328 g/mol. The second kappa shape index (κ2) is 5.96. The summed E-state index contributed by atoms with van der Waals surface area (Å²) in [4.78, 5) is 6.91. The minimum atomic E-state index is 0.124. The van der Waals surface area contributed by atoms with E-state index in [1.54, 1.807) is 0 Å². The van der Waals surface area contributed by atoms with Crippen molar-refractivity contribution in [3.63, 3.8) is 0 Å². The van der Waals surface area contributed by atoms with E-state index in [4.69, 9.17) is 10.2 Å². The quantitative estimate of drug-likeness (QED) is 0.789. The van der Waals surface area contributed by atoms with Crippen LogP contribution in [0.15, 0.2) is 34.7 Å². The average Bonchev–Trinajstić information content (AvgIpc) is 3.25. The van der Waals surface area contributed by atoms with Crippen molar-refractivity contribution < 1.29 is 4.42 Å². The van der Waals surface area contributed by atoms with Crippen molar-refractivity contribution in [3.05, 3.63) is 36.2 Å². The lowest BCUT2D eigenvalue weighted by Gasteiger charge is -2.30. The van der Waals surface area contributed by atoms with E-state index in [9.17, 15) is 0 Å². The Labute approximate surface area is 137 Å². The molecule has 7 nitrogen and oxygen atoms in total. The molecular weight excluding hydrogens is 312 g/mol.